The van der Waals surface area contributed by atoms with Crippen LogP contribution in [0, 0.1) is 5.82 Å². The number of halogens is 1. The summed E-state index contributed by atoms with van der Waals surface area (Å²) in [5, 5.41) is 2.76. The molecule has 0 aromatic heterocycles. The third kappa shape index (κ3) is 5.71. The van der Waals surface area contributed by atoms with E-state index in [4.69, 9.17) is 9.47 Å². The van der Waals surface area contributed by atoms with E-state index in [1.54, 1.807) is 6.07 Å². The SMILES string of the molecule is CCC(C)(C)NC(=O)COC(=O)Cc1ccc(OC)c(F)c1. The lowest BCUT2D eigenvalue weighted by molar-refractivity contribution is -0.148. The third-order valence-electron chi connectivity index (χ3n) is 3.29. The van der Waals surface area contributed by atoms with Crippen molar-refractivity contribution in [1.29, 1.82) is 0 Å². The number of hydrogen-bond acceptors (Lipinski definition) is 4. The maximum absolute atomic E-state index is 13.5. The molecule has 0 aliphatic heterocycles. The van der Waals surface area contributed by atoms with Crippen LogP contribution in [0.4, 0.5) is 4.39 Å². The summed E-state index contributed by atoms with van der Waals surface area (Å²) in [5.74, 6) is -1.39. The molecule has 0 saturated heterocycles. The molecule has 22 heavy (non-hydrogen) atoms. The fourth-order valence-corrected chi connectivity index (χ4v) is 1.69. The van der Waals surface area contributed by atoms with Crippen molar-refractivity contribution in [1.82, 2.24) is 5.32 Å². The van der Waals surface area contributed by atoms with Gasteiger partial charge in [-0.15, -0.1) is 0 Å². The number of rotatable bonds is 7. The summed E-state index contributed by atoms with van der Waals surface area (Å²) in [4.78, 5) is 23.3. The molecule has 0 bridgehead atoms. The fraction of sp³-hybridized carbons (Fsp3) is 0.500. The van der Waals surface area contributed by atoms with Crippen LogP contribution in [0.1, 0.15) is 32.8 Å². The highest BCUT2D eigenvalue weighted by molar-refractivity contribution is 5.81. The van der Waals surface area contributed by atoms with Gasteiger partial charge in [0.1, 0.15) is 0 Å². The van der Waals surface area contributed by atoms with Gasteiger partial charge < -0.3 is 14.8 Å². The van der Waals surface area contributed by atoms with E-state index in [0.29, 0.717) is 5.56 Å². The Morgan fingerprint density at radius 3 is 2.55 bits per heavy atom. The molecule has 0 unspecified atom stereocenters. The molecule has 1 N–H and O–H groups in total. The van der Waals surface area contributed by atoms with E-state index in [1.165, 1.54) is 19.2 Å². The second-order valence-electron chi connectivity index (χ2n) is 5.59. The number of carbonyl (C=O) groups is 2. The number of nitrogens with one attached hydrogen (secondary N) is 1. The highest BCUT2D eigenvalue weighted by Crippen LogP contribution is 2.18. The van der Waals surface area contributed by atoms with Crippen molar-refractivity contribution in [3.05, 3.63) is 29.6 Å². The second-order valence-corrected chi connectivity index (χ2v) is 5.59. The lowest BCUT2D eigenvalue weighted by Crippen LogP contribution is -2.44. The lowest BCUT2D eigenvalue weighted by Gasteiger charge is -2.24. The summed E-state index contributed by atoms with van der Waals surface area (Å²) in [6, 6.07) is 4.22. The molecular weight excluding hydrogens is 289 g/mol. The molecule has 0 aliphatic rings. The Labute approximate surface area is 129 Å². The summed E-state index contributed by atoms with van der Waals surface area (Å²) in [5.41, 5.74) is 0.111. The fourth-order valence-electron chi connectivity index (χ4n) is 1.69. The Morgan fingerprint density at radius 1 is 1.32 bits per heavy atom. The van der Waals surface area contributed by atoms with Gasteiger partial charge >= 0.3 is 5.97 Å². The number of benzene rings is 1. The minimum Gasteiger partial charge on any atom is -0.494 e. The first-order chi connectivity index (χ1) is 10.3. The lowest BCUT2D eigenvalue weighted by atomic mass is 10.0. The van der Waals surface area contributed by atoms with E-state index in [1.807, 2.05) is 20.8 Å². The first-order valence-electron chi connectivity index (χ1n) is 7.06. The maximum atomic E-state index is 13.5. The van der Waals surface area contributed by atoms with Crippen LogP contribution in [0.5, 0.6) is 5.75 Å². The molecule has 0 atom stereocenters. The predicted molar refractivity (Wildman–Crippen MR) is 80.1 cm³/mol. The zero-order chi connectivity index (χ0) is 16.8. The van der Waals surface area contributed by atoms with Crippen LogP contribution in [-0.2, 0) is 20.7 Å². The molecule has 1 aromatic rings. The van der Waals surface area contributed by atoms with Crippen molar-refractivity contribution in [2.75, 3.05) is 13.7 Å². The Kier molecular flexibility index (Phi) is 6.34. The second kappa shape index (κ2) is 7.77. The van der Waals surface area contributed by atoms with Gasteiger partial charge in [0.2, 0.25) is 0 Å². The normalized spacial score (nSPS) is 11.0. The van der Waals surface area contributed by atoms with Gasteiger partial charge in [-0.1, -0.05) is 13.0 Å². The average Bonchev–Trinajstić information content (AvgIpc) is 2.45. The van der Waals surface area contributed by atoms with Crippen molar-refractivity contribution >= 4 is 11.9 Å². The standard InChI is InChI=1S/C16H22FNO4/c1-5-16(2,3)18-14(19)10-22-15(20)9-11-6-7-13(21-4)12(17)8-11/h6-8H,5,9-10H2,1-4H3,(H,18,19). The number of carbonyl (C=O) groups excluding carboxylic acids is 2. The molecule has 5 nitrogen and oxygen atoms in total. The van der Waals surface area contributed by atoms with Gasteiger partial charge in [0.05, 0.1) is 13.5 Å². The van der Waals surface area contributed by atoms with Gasteiger partial charge in [-0.05, 0) is 38.0 Å². The van der Waals surface area contributed by atoms with E-state index in [-0.39, 0.29) is 30.2 Å². The minimum absolute atomic E-state index is 0.106. The Morgan fingerprint density at radius 2 is 2.00 bits per heavy atom. The molecule has 0 saturated carbocycles. The zero-order valence-corrected chi connectivity index (χ0v) is 13.4. The van der Waals surface area contributed by atoms with E-state index in [9.17, 15) is 14.0 Å². The van der Waals surface area contributed by atoms with Crippen LogP contribution < -0.4 is 10.1 Å². The summed E-state index contributed by atoms with van der Waals surface area (Å²) < 4.78 is 23.2. The van der Waals surface area contributed by atoms with E-state index < -0.39 is 11.8 Å². The molecule has 0 fully saturated rings. The molecule has 1 aromatic carbocycles. The molecular formula is C16H22FNO4. The van der Waals surface area contributed by atoms with Crippen LogP contribution in [-0.4, -0.2) is 31.1 Å². The quantitative estimate of drug-likeness (QED) is 0.784. The first kappa shape index (κ1) is 17.9. The van der Waals surface area contributed by atoms with Crippen molar-refractivity contribution in [2.45, 2.75) is 39.2 Å². The number of esters is 1. The van der Waals surface area contributed by atoms with Gasteiger partial charge in [-0.2, -0.15) is 0 Å². The third-order valence-corrected chi connectivity index (χ3v) is 3.29. The average molecular weight is 311 g/mol. The summed E-state index contributed by atoms with van der Waals surface area (Å²) in [6.45, 7) is 5.37. The number of methoxy groups -OCH3 is 1. The highest BCUT2D eigenvalue weighted by Gasteiger charge is 2.18. The van der Waals surface area contributed by atoms with E-state index in [2.05, 4.69) is 5.32 Å². The van der Waals surface area contributed by atoms with Crippen LogP contribution in [0.15, 0.2) is 18.2 Å². The van der Waals surface area contributed by atoms with Gasteiger partial charge in [0.25, 0.3) is 5.91 Å². The van der Waals surface area contributed by atoms with E-state index in [0.717, 1.165) is 6.42 Å². The monoisotopic (exact) mass is 311 g/mol. The van der Waals surface area contributed by atoms with Crippen LogP contribution >= 0.6 is 0 Å². The van der Waals surface area contributed by atoms with Gasteiger partial charge in [0.15, 0.2) is 18.2 Å². The summed E-state index contributed by atoms with van der Waals surface area (Å²) in [7, 11) is 1.36. The van der Waals surface area contributed by atoms with Crippen molar-refractivity contribution < 1.29 is 23.5 Å². The van der Waals surface area contributed by atoms with Gasteiger partial charge in [-0.25, -0.2) is 4.39 Å². The zero-order valence-electron chi connectivity index (χ0n) is 13.4. The predicted octanol–water partition coefficient (Wildman–Crippen LogP) is 2.22. The van der Waals surface area contributed by atoms with Gasteiger partial charge in [0, 0.05) is 5.54 Å². The number of hydrogen-bond donors (Lipinski definition) is 1. The smallest absolute Gasteiger partial charge is 0.310 e. The summed E-state index contributed by atoms with van der Waals surface area (Å²) >= 11 is 0. The molecule has 6 heteroatoms. The van der Waals surface area contributed by atoms with Gasteiger partial charge in [-0.3, -0.25) is 9.59 Å². The molecule has 0 spiro atoms. The summed E-state index contributed by atoms with van der Waals surface area (Å²) in [6.07, 6.45) is 0.656. The topological polar surface area (TPSA) is 64.6 Å². The molecule has 122 valence electrons. The molecule has 0 heterocycles. The minimum atomic E-state index is -0.589. The molecule has 0 radical (unpaired) electrons. The highest BCUT2D eigenvalue weighted by atomic mass is 19.1. The number of amides is 1. The molecule has 1 amide bonds. The maximum Gasteiger partial charge on any atom is 0.310 e. The molecule has 0 aliphatic carbocycles. The first-order valence-corrected chi connectivity index (χ1v) is 7.06. The Balaban J connectivity index is 2.47. The van der Waals surface area contributed by atoms with Crippen molar-refractivity contribution in [3.63, 3.8) is 0 Å². The van der Waals surface area contributed by atoms with Crippen LogP contribution in [0.2, 0.25) is 0 Å². The Hall–Kier alpha value is -2.11. The van der Waals surface area contributed by atoms with Crippen molar-refractivity contribution in [2.24, 2.45) is 0 Å². The largest absolute Gasteiger partial charge is 0.494 e. The van der Waals surface area contributed by atoms with Crippen LogP contribution in [0.25, 0.3) is 0 Å². The van der Waals surface area contributed by atoms with E-state index >= 15 is 0 Å². The molecule has 1 rings (SSSR count). The number of ether oxygens (including phenoxy) is 2. The van der Waals surface area contributed by atoms with Crippen molar-refractivity contribution in [3.8, 4) is 5.75 Å². The Bertz CT molecular complexity index is 543. The van der Waals surface area contributed by atoms with Crippen LogP contribution in [0.3, 0.4) is 0 Å².